The van der Waals surface area contributed by atoms with Gasteiger partial charge in [-0.3, -0.25) is 4.79 Å². The van der Waals surface area contributed by atoms with Crippen molar-refractivity contribution in [1.29, 1.82) is 5.41 Å². The maximum atomic E-state index is 13.7. The molecule has 1 unspecified atom stereocenters. The summed E-state index contributed by atoms with van der Waals surface area (Å²) in [5, 5.41) is 9.80. The first-order valence-electron chi connectivity index (χ1n) is 14.8. The quantitative estimate of drug-likeness (QED) is 0.336. The molecule has 0 aromatic heterocycles. The average molecular weight is 552 g/mol. The van der Waals surface area contributed by atoms with Crippen molar-refractivity contribution in [3.05, 3.63) is 58.7 Å². The van der Waals surface area contributed by atoms with Crippen molar-refractivity contribution in [3.63, 3.8) is 0 Å². The highest BCUT2D eigenvalue weighted by atomic mass is 16.5. The van der Waals surface area contributed by atoms with Crippen LogP contribution in [0.25, 0.3) is 0 Å². The van der Waals surface area contributed by atoms with Gasteiger partial charge >= 0.3 is 0 Å². The van der Waals surface area contributed by atoms with Crippen molar-refractivity contribution in [2.24, 2.45) is 5.73 Å². The molecule has 0 bridgehead atoms. The van der Waals surface area contributed by atoms with E-state index in [1.165, 1.54) is 36.6 Å². The van der Waals surface area contributed by atoms with E-state index in [0.29, 0.717) is 6.54 Å². The minimum atomic E-state index is -0.0996. The molecule has 0 spiro atoms. The van der Waals surface area contributed by atoms with Crippen molar-refractivity contribution < 1.29 is 11.0 Å². The lowest BCUT2D eigenvalue weighted by atomic mass is 9.59. The fraction of sp³-hybridized carbons (Fsp3) is 0.576. The number of fused-ring (bicyclic) bond motifs is 1. The molecule has 3 aliphatic rings. The summed E-state index contributed by atoms with van der Waals surface area (Å²) in [5.41, 5.74) is 13.0. The van der Waals surface area contributed by atoms with Gasteiger partial charge in [0.2, 0.25) is 0 Å². The van der Waals surface area contributed by atoms with Gasteiger partial charge in [0.15, 0.2) is 0 Å². The van der Waals surface area contributed by atoms with Crippen molar-refractivity contribution in [1.82, 2.24) is 5.32 Å². The highest BCUT2D eigenvalue weighted by molar-refractivity contribution is 6.11. The number of carbonyl (C=O) groups is 1. The highest BCUT2D eigenvalue weighted by Crippen LogP contribution is 2.48. The van der Waals surface area contributed by atoms with Crippen molar-refractivity contribution in [2.45, 2.75) is 103 Å². The van der Waals surface area contributed by atoms with Crippen LogP contribution >= 0.6 is 0 Å². The van der Waals surface area contributed by atoms with E-state index in [0.717, 1.165) is 41.9 Å². The maximum absolute atomic E-state index is 13.7. The summed E-state index contributed by atoms with van der Waals surface area (Å²) in [6.45, 7) is 11.4. The number of benzene rings is 2. The van der Waals surface area contributed by atoms with E-state index in [-0.39, 0.29) is 30.4 Å². The number of amides is 1. The Hall–Kier alpha value is -2.74. The molecule has 5 rings (SSSR count). The third-order valence-electron chi connectivity index (χ3n) is 8.86. The lowest BCUT2D eigenvalue weighted by molar-refractivity contribution is -0.0267. The van der Waals surface area contributed by atoms with E-state index in [9.17, 15) is 4.79 Å². The standard InChI is InChI=1S/C29H40N4O2.C2H5N.C2H6.H2/c1-19(30)29(15-23(16-29)35-5)21-8-6-9-22(14-21)33-18-25-24(27(33)34)12-20(13-26(25)32(3)4)17-31-28(2)10-7-11-28;1-2-3;1-2;/h6,8-9,12-14,19,23,31H,7,10-11,15-18,30H2,1-5H3;2-3H,1H3;1-2H3;1H. The number of methoxy groups -OCH3 is 1. The number of anilines is 2. The number of hydrogen-bond donors (Lipinski definition) is 3. The third-order valence-corrected chi connectivity index (χ3v) is 8.86. The largest absolute Gasteiger partial charge is 0.381 e. The second kappa shape index (κ2) is 13.3. The fourth-order valence-electron chi connectivity index (χ4n) is 6.13. The number of nitrogens with zero attached hydrogens (tertiary/aromatic N) is 2. The van der Waals surface area contributed by atoms with Crippen LogP contribution in [0.2, 0.25) is 0 Å². The molecule has 7 nitrogen and oxygen atoms in total. The fourth-order valence-corrected chi connectivity index (χ4v) is 6.13. The van der Waals surface area contributed by atoms with Gasteiger partial charge in [0.05, 0.1) is 12.6 Å². The normalized spacial score (nSPS) is 22.9. The summed E-state index contributed by atoms with van der Waals surface area (Å²) in [4.78, 5) is 17.8. The second-order valence-corrected chi connectivity index (χ2v) is 11.7. The van der Waals surface area contributed by atoms with Crippen LogP contribution in [-0.4, -0.2) is 51.0 Å². The van der Waals surface area contributed by atoms with Crippen LogP contribution in [0, 0.1) is 5.41 Å². The second-order valence-electron chi connectivity index (χ2n) is 11.7. The van der Waals surface area contributed by atoms with Crippen LogP contribution in [0.4, 0.5) is 11.4 Å². The molecule has 1 aliphatic heterocycles. The van der Waals surface area contributed by atoms with E-state index >= 15 is 0 Å². The van der Waals surface area contributed by atoms with Gasteiger partial charge in [-0.05, 0) is 94.5 Å². The zero-order valence-corrected chi connectivity index (χ0v) is 25.9. The van der Waals surface area contributed by atoms with Crippen LogP contribution in [-0.2, 0) is 23.2 Å². The lowest BCUT2D eigenvalue weighted by Crippen LogP contribution is -2.55. The summed E-state index contributed by atoms with van der Waals surface area (Å²) in [5.74, 6) is 0.0789. The predicted octanol–water partition coefficient (Wildman–Crippen LogP) is 6.27. The molecule has 2 saturated carbocycles. The van der Waals surface area contributed by atoms with E-state index in [1.807, 2.05) is 24.8 Å². The number of ether oxygens (including phenoxy) is 1. The molecule has 222 valence electrons. The molecule has 2 aliphatic carbocycles. The molecule has 4 N–H and O–H groups in total. The maximum Gasteiger partial charge on any atom is 0.259 e. The van der Waals surface area contributed by atoms with E-state index in [2.05, 4.69) is 68.5 Å². The molecule has 1 atom stereocenters. The molecule has 40 heavy (non-hydrogen) atoms. The molecule has 2 aromatic carbocycles. The SMILES string of the molecule is CC.CC=N.COC1CC(c2cccc(N3Cc4c(cc(CNC5(C)CCC5)cc4N(C)C)C3=O)c2)(C(C)N)C1.[HH]. The van der Waals surface area contributed by atoms with Gasteiger partial charge in [-0.15, -0.1) is 0 Å². The lowest BCUT2D eigenvalue weighted by Gasteiger charge is -2.50. The number of rotatable bonds is 8. The Morgan fingerprint density at radius 2 is 1.90 bits per heavy atom. The zero-order chi connectivity index (χ0) is 29.7. The van der Waals surface area contributed by atoms with Gasteiger partial charge in [-0.25, -0.2) is 0 Å². The molecular formula is C33H53N5O2. The molecule has 2 fully saturated rings. The number of hydrogen-bond acceptors (Lipinski definition) is 6. The Bertz CT molecular complexity index is 1170. The number of nitrogens with two attached hydrogens (primary N) is 1. The van der Waals surface area contributed by atoms with Gasteiger partial charge in [-0.1, -0.05) is 26.0 Å². The van der Waals surface area contributed by atoms with Gasteiger partial charge in [0.1, 0.15) is 0 Å². The van der Waals surface area contributed by atoms with Crippen molar-refractivity contribution in [2.75, 3.05) is 31.0 Å². The number of carbonyl (C=O) groups excluding carboxylic acids is 1. The van der Waals surface area contributed by atoms with Gasteiger partial charge < -0.3 is 31.0 Å². The van der Waals surface area contributed by atoms with Gasteiger partial charge in [0.25, 0.3) is 5.91 Å². The molecule has 7 heteroatoms. The van der Waals surface area contributed by atoms with E-state index < -0.39 is 0 Å². The van der Waals surface area contributed by atoms with Crippen LogP contribution in [0.3, 0.4) is 0 Å². The Morgan fingerprint density at radius 3 is 2.42 bits per heavy atom. The van der Waals surface area contributed by atoms with Gasteiger partial charge in [-0.2, -0.15) is 0 Å². The average Bonchev–Trinajstić information content (AvgIpc) is 3.23. The highest BCUT2D eigenvalue weighted by Gasteiger charge is 2.48. The molecule has 2 aromatic rings. The Balaban J connectivity index is 0.000000921. The molecule has 0 radical (unpaired) electrons. The molecule has 0 saturated heterocycles. The monoisotopic (exact) mass is 551 g/mol. The Labute approximate surface area is 243 Å². The van der Waals surface area contributed by atoms with E-state index in [1.54, 1.807) is 14.0 Å². The van der Waals surface area contributed by atoms with Gasteiger partial charge in [0, 0.05) is 68.7 Å². The molecular weight excluding hydrogens is 498 g/mol. The first kappa shape index (κ1) is 31.8. The van der Waals surface area contributed by atoms with Crippen LogP contribution < -0.4 is 20.9 Å². The first-order chi connectivity index (χ1) is 19.1. The predicted molar refractivity (Wildman–Crippen MR) is 170 cm³/mol. The smallest absolute Gasteiger partial charge is 0.259 e. The first-order valence-corrected chi connectivity index (χ1v) is 14.8. The molecule has 1 amide bonds. The summed E-state index contributed by atoms with van der Waals surface area (Å²) < 4.78 is 5.57. The Morgan fingerprint density at radius 1 is 1.25 bits per heavy atom. The van der Waals surface area contributed by atoms with Crippen molar-refractivity contribution in [3.8, 4) is 0 Å². The summed E-state index contributed by atoms with van der Waals surface area (Å²) in [6, 6.07) is 12.8. The van der Waals surface area contributed by atoms with Crippen LogP contribution in [0.15, 0.2) is 36.4 Å². The van der Waals surface area contributed by atoms with E-state index in [4.69, 9.17) is 15.9 Å². The Kier molecular flexibility index (Phi) is 10.6. The van der Waals surface area contributed by atoms with Crippen LogP contribution in [0.1, 0.15) is 95.2 Å². The summed E-state index contributed by atoms with van der Waals surface area (Å²) in [7, 11) is 5.89. The third kappa shape index (κ3) is 6.27. The topological polar surface area (TPSA) is 94.7 Å². The summed E-state index contributed by atoms with van der Waals surface area (Å²) in [6.07, 6.45) is 7.06. The molecule has 1 heterocycles. The zero-order valence-electron chi connectivity index (χ0n) is 25.9. The van der Waals surface area contributed by atoms with Crippen LogP contribution in [0.5, 0.6) is 0 Å². The number of nitrogens with one attached hydrogen (secondary N) is 2. The minimum absolute atomic E-state index is 0. The summed E-state index contributed by atoms with van der Waals surface area (Å²) >= 11 is 0. The van der Waals surface area contributed by atoms with Crippen molar-refractivity contribution >= 4 is 23.5 Å². The minimum Gasteiger partial charge on any atom is -0.381 e.